The summed E-state index contributed by atoms with van der Waals surface area (Å²) >= 11 is 1.19. The Morgan fingerprint density at radius 3 is 2.61 bits per heavy atom. The second kappa shape index (κ2) is 6.74. The van der Waals surface area contributed by atoms with Crippen molar-refractivity contribution in [2.75, 3.05) is 5.32 Å². The summed E-state index contributed by atoms with van der Waals surface area (Å²) in [6, 6.07) is 5.39. The van der Waals surface area contributed by atoms with Gasteiger partial charge in [0.05, 0.1) is 12.1 Å². The topological polar surface area (TPSA) is 94.3 Å². The third kappa shape index (κ3) is 4.75. The monoisotopic (exact) mass is 337 g/mol. The highest BCUT2D eigenvalue weighted by Gasteiger charge is 2.30. The quantitative estimate of drug-likeness (QED) is 0.844. The van der Waals surface area contributed by atoms with E-state index in [4.69, 9.17) is 10.5 Å². The van der Waals surface area contributed by atoms with Gasteiger partial charge < -0.3 is 10.5 Å². The number of nitrogens with zero attached hydrogens (tertiary/aromatic N) is 1. The maximum absolute atomic E-state index is 12.9. The molecule has 0 aliphatic heterocycles. The van der Waals surface area contributed by atoms with Crippen LogP contribution in [0.3, 0.4) is 0 Å². The number of hydrogen-bond donors (Lipinski definition) is 2. The number of nitrogens with two attached hydrogens (primary N) is 1. The highest BCUT2D eigenvalue weighted by atomic mass is 32.1. The lowest BCUT2D eigenvalue weighted by molar-refractivity contribution is -0.128. The van der Waals surface area contributed by atoms with Gasteiger partial charge >= 0.3 is 0 Å². The molecule has 8 heteroatoms. The number of carbonyl (C=O) groups excluding carboxylic acids is 2. The second-order valence-electron chi connectivity index (χ2n) is 5.31. The third-order valence-corrected chi connectivity index (χ3v) is 3.67. The molecule has 122 valence electrons. The molecule has 2 rings (SSSR count). The highest BCUT2D eigenvalue weighted by Crippen LogP contribution is 2.22. The molecular weight excluding hydrogens is 321 g/mol. The smallest absolute Gasteiger partial charge is 0.269 e. The molecule has 0 aliphatic rings. The largest absolute Gasteiger partial charge is 0.478 e. The number of carbonyl (C=O) groups is 2. The van der Waals surface area contributed by atoms with Crippen LogP contribution in [-0.2, 0) is 16.0 Å². The van der Waals surface area contributed by atoms with Crippen LogP contribution in [0.15, 0.2) is 29.6 Å². The normalized spacial score (nSPS) is 11.1. The second-order valence-corrected chi connectivity index (χ2v) is 6.17. The Hall–Kier alpha value is -2.48. The molecule has 0 aliphatic carbocycles. The fraction of sp³-hybridized carbons (Fsp3) is 0.267. The van der Waals surface area contributed by atoms with E-state index in [1.807, 2.05) is 0 Å². The van der Waals surface area contributed by atoms with Gasteiger partial charge in [-0.1, -0.05) is 0 Å². The van der Waals surface area contributed by atoms with E-state index in [9.17, 15) is 14.0 Å². The number of hydrogen-bond acceptors (Lipinski definition) is 5. The first kappa shape index (κ1) is 16.9. The molecular formula is C15H16FN3O3S. The minimum Gasteiger partial charge on any atom is -0.478 e. The molecule has 0 radical (unpaired) electrons. The predicted molar refractivity (Wildman–Crippen MR) is 84.7 cm³/mol. The predicted octanol–water partition coefficient (Wildman–Crippen LogP) is 2.11. The van der Waals surface area contributed by atoms with Crippen molar-refractivity contribution < 1.29 is 18.7 Å². The fourth-order valence-electron chi connectivity index (χ4n) is 1.72. The molecule has 1 aromatic carbocycles. The summed E-state index contributed by atoms with van der Waals surface area (Å²) in [4.78, 5) is 27.2. The standard InChI is InChI=1S/C15H16FN3O3S/c1-15(2,22-11-5-3-9(16)4-6-11)13(21)19-14-18-10(8-23-14)7-12(17)20/h3-6,8H,7H2,1-2H3,(H2,17,20)(H,18,19,21). The number of halogens is 1. The van der Waals surface area contributed by atoms with Gasteiger partial charge in [0.1, 0.15) is 11.6 Å². The Bertz CT molecular complexity index is 713. The van der Waals surface area contributed by atoms with Crippen LogP contribution < -0.4 is 15.8 Å². The molecule has 2 amide bonds. The van der Waals surface area contributed by atoms with Crippen LogP contribution in [0.4, 0.5) is 9.52 Å². The van der Waals surface area contributed by atoms with E-state index in [0.29, 0.717) is 16.6 Å². The first-order chi connectivity index (χ1) is 10.8. The first-order valence-electron chi connectivity index (χ1n) is 6.75. The molecule has 0 saturated carbocycles. The van der Waals surface area contributed by atoms with Gasteiger partial charge in [-0.3, -0.25) is 14.9 Å². The third-order valence-electron chi connectivity index (χ3n) is 2.86. The molecule has 23 heavy (non-hydrogen) atoms. The summed E-state index contributed by atoms with van der Waals surface area (Å²) < 4.78 is 18.5. The van der Waals surface area contributed by atoms with Crippen molar-refractivity contribution in [3.8, 4) is 5.75 Å². The van der Waals surface area contributed by atoms with Crippen molar-refractivity contribution in [2.45, 2.75) is 25.9 Å². The lowest BCUT2D eigenvalue weighted by atomic mass is 10.1. The van der Waals surface area contributed by atoms with Gasteiger partial charge in [-0.2, -0.15) is 0 Å². The number of aromatic nitrogens is 1. The Balaban J connectivity index is 2.01. The molecule has 6 nitrogen and oxygen atoms in total. The summed E-state index contributed by atoms with van der Waals surface area (Å²) in [6.07, 6.45) is 0.0157. The number of anilines is 1. The number of benzene rings is 1. The van der Waals surface area contributed by atoms with E-state index in [2.05, 4.69) is 10.3 Å². The van der Waals surface area contributed by atoms with Gasteiger partial charge in [0.25, 0.3) is 5.91 Å². The van der Waals surface area contributed by atoms with Crippen molar-refractivity contribution >= 4 is 28.3 Å². The molecule has 0 atom stereocenters. The van der Waals surface area contributed by atoms with E-state index in [-0.39, 0.29) is 12.2 Å². The van der Waals surface area contributed by atoms with Crippen molar-refractivity contribution in [1.82, 2.24) is 4.98 Å². The summed E-state index contributed by atoms with van der Waals surface area (Å²) in [5, 5.41) is 4.62. The Morgan fingerprint density at radius 2 is 2.00 bits per heavy atom. The minimum atomic E-state index is -1.19. The van der Waals surface area contributed by atoms with Crippen LogP contribution in [-0.4, -0.2) is 22.4 Å². The van der Waals surface area contributed by atoms with Crippen LogP contribution >= 0.6 is 11.3 Å². The molecule has 0 fully saturated rings. The van der Waals surface area contributed by atoms with E-state index >= 15 is 0 Å². The lowest BCUT2D eigenvalue weighted by Crippen LogP contribution is -2.42. The molecule has 0 spiro atoms. The van der Waals surface area contributed by atoms with Crippen LogP contribution in [0.25, 0.3) is 0 Å². The number of nitrogens with one attached hydrogen (secondary N) is 1. The maximum atomic E-state index is 12.9. The summed E-state index contributed by atoms with van der Waals surface area (Å²) in [5.41, 5.74) is 4.40. The van der Waals surface area contributed by atoms with Gasteiger partial charge in [0, 0.05) is 5.38 Å². The van der Waals surface area contributed by atoms with Gasteiger partial charge in [0.15, 0.2) is 10.7 Å². The molecule has 0 saturated heterocycles. The van der Waals surface area contributed by atoms with Gasteiger partial charge in [-0.05, 0) is 38.1 Å². The first-order valence-corrected chi connectivity index (χ1v) is 7.63. The van der Waals surface area contributed by atoms with Gasteiger partial charge in [-0.25, -0.2) is 9.37 Å². The van der Waals surface area contributed by atoms with E-state index in [1.54, 1.807) is 19.2 Å². The maximum Gasteiger partial charge on any atom is 0.269 e. The van der Waals surface area contributed by atoms with E-state index in [0.717, 1.165) is 0 Å². The Labute approximate surface area is 136 Å². The van der Waals surface area contributed by atoms with Crippen LogP contribution in [0.5, 0.6) is 5.75 Å². The molecule has 3 N–H and O–H groups in total. The van der Waals surface area contributed by atoms with Crippen molar-refractivity contribution in [3.05, 3.63) is 41.2 Å². The molecule has 2 aromatic rings. The lowest BCUT2D eigenvalue weighted by Gasteiger charge is -2.24. The Morgan fingerprint density at radius 1 is 1.35 bits per heavy atom. The number of amides is 2. The van der Waals surface area contributed by atoms with E-state index < -0.39 is 17.4 Å². The van der Waals surface area contributed by atoms with Crippen molar-refractivity contribution in [1.29, 1.82) is 0 Å². The zero-order valence-electron chi connectivity index (χ0n) is 12.6. The molecule has 1 heterocycles. The van der Waals surface area contributed by atoms with Crippen molar-refractivity contribution in [3.63, 3.8) is 0 Å². The zero-order chi connectivity index (χ0) is 17.0. The summed E-state index contributed by atoms with van der Waals surface area (Å²) in [7, 11) is 0. The number of thiazole rings is 1. The SMILES string of the molecule is CC(C)(Oc1ccc(F)cc1)C(=O)Nc1nc(CC(N)=O)cs1. The molecule has 0 unspecified atom stereocenters. The van der Waals surface area contributed by atoms with E-state index in [1.165, 1.54) is 35.6 Å². The number of rotatable bonds is 6. The minimum absolute atomic E-state index is 0.0157. The fourth-order valence-corrected chi connectivity index (χ4v) is 2.42. The van der Waals surface area contributed by atoms with Crippen LogP contribution in [0, 0.1) is 5.82 Å². The van der Waals surface area contributed by atoms with Crippen LogP contribution in [0.2, 0.25) is 0 Å². The average molecular weight is 337 g/mol. The molecule has 0 bridgehead atoms. The zero-order valence-corrected chi connectivity index (χ0v) is 13.4. The molecule has 1 aromatic heterocycles. The Kier molecular flexibility index (Phi) is 4.95. The summed E-state index contributed by atoms with van der Waals surface area (Å²) in [5.74, 6) is -0.917. The number of primary amides is 1. The summed E-state index contributed by atoms with van der Waals surface area (Å²) in [6.45, 7) is 3.17. The van der Waals surface area contributed by atoms with Crippen LogP contribution in [0.1, 0.15) is 19.5 Å². The van der Waals surface area contributed by atoms with Crippen molar-refractivity contribution in [2.24, 2.45) is 5.73 Å². The van der Waals surface area contributed by atoms with Gasteiger partial charge in [0.2, 0.25) is 5.91 Å². The highest BCUT2D eigenvalue weighted by molar-refractivity contribution is 7.13. The number of ether oxygens (including phenoxy) is 1. The average Bonchev–Trinajstić information content (AvgIpc) is 2.87. The van der Waals surface area contributed by atoms with Gasteiger partial charge in [-0.15, -0.1) is 11.3 Å².